The molecule has 31 heavy (non-hydrogen) atoms. The molecule has 0 spiro atoms. The Morgan fingerprint density at radius 2 is 1.71 bits per heavy atom. The van der Waals surface area contributed by atoms with Gasteiger partial charge in [0.15, 0.2) is 0 Å². The Bertz CT molecular complexity index is 823. The second-order valence-electron chi connectivity index (χ2n) is 7.34. The lowest BCUT2D eigenvalue weighted by molar-refractivity contribution is -0.141. The van der Waals surface area contributed by atoms with E-state index in [2.05, 4.69) is 15.5 Å². The number of aliphatic carboxylic acids is 1. The van der Waals surface area contributed by atoms with Crippen LogP contribution in [0.15, 0.2) is 54.6 Å². The number of hydrogen-bond donors (Lipinski definition) is 3. The first-order valence-electron chi connectivity index (χ1n) is 10.5. The number of morpholine rings is 1. The van der Waals surface area contributed by atoms with Crippen molar-refractivity contribution in [2.45, 2.75) is 18.9 Å². The van der Waals surface area contributed by atoms with Crippen LogP contribution in [0.25, 0.3) is 0 Å². The van der Waals surface area contributed by atoms with Crippen molar-refractivity contribution < 1.29 is 24.2 Å². The third kappa shape index (κ3) is 8.01. The van der Waals surface area contributed by atoms with Gasteiger partial charge in [-0.25, -0.2) is 0 Å². The average molecular weight is 428 g/mol. The third-order valence-corrected chi connectivity index (χ3v) is 4.95. The van der Waals surface area contributed by atoms with E-state index >= 15 is 0 Å². The number of nitrogens with zero attached hydrogens (tertiary/aromatic N) is 1. The standard InChI is InChI=1S/C23H29N3O5/c27-22(17-21(23(28)29)24-11-4-12-26-13-15-30-16-14-26)25-18-7-9-20(10-8-18)31-19-5-2-1-3-6-19/h1-3,5-10,21,24H,4,11-17H2,(H,25,27)(H,28,29). The third-order valence-electron chi connectivity index (χ3n) is 4.95. The highest BCUT2D eigenvalue weighted by Gasteiger charge is 2.21. The molecule has 1 unspecified atom stereocenters. The number of hydrogen-bond acceptors (Lipinski definition) is 6. The number of rotatable bonds is 11. The van der Waals surface area contributed by atoms with Crippen LogP contribution in [0.4, 0.5) is 5.69 Å². The highest BCUT2D eigenvalue weighted by Crippen LogP contribution is 2.22. The van der Waals surface area contributed by atoms with Crippen LogP contribution in [0.3, 0.4) is 0 Å². The Hall–Kier alpha value is -2.94. The number of ether oxygens (including phenoxy) is 2. The summed E-state index contributed by atoms with van der Waals surface area (Å²) in [4.78, 5) is 26.1. The van der Waals surface area contributed by atoms with Crippen LogP contribution in [-0.4, -0.2) is 67.3 Å². The van der Waals surface area contributed by atoms with E-state index in [1.165, 1.54) is 0 Å². The van der Waals surface area contributed by atoms with Crippen molar-refractivity contribution in [3.8, 4) is 11.5 Å². The molecule has 8 nitrogen and oxygen atoms in total. The van der Waals surface area contributed by atoms with E-state index < -0.39 is 12.0 Å². The number of carbonyl (C=O) groups is 2. The van der Waals surface area contributed by atoms with Gasteiger partial charge in [-0.05, 0) is 55.9 Å². The molecule has 0 saturated carbocycles. The molecule has 3 rings (SSSR count). The first kappa shape index (κ1) is 22.7. The van der Waals surface area contributed by atoms with Crippen LogP contribution >= 0.6 is 0 Å². The van der Waals surface area contributed by atoms with Crippen molar-refractivity contribution in [2.75, 3.05) is 44.7 Å². The summed E-state index contributed by atoms with van der Waals surface area (Å²) in [6.07, 6.45) is 0.670. The van der Waals surface area contributed by atoms with Gasteiger partial charge in [-0.15, -0.1) is 0 Å². The highest BCUT2D eigenvalue weighted by atomic mass is 16.5. The normalized spacial score (nSPS) is 15.2. The lowest BCUT2D eigenvalue weighted by Gasteiger charge is -2.26. The molecule has 1 amide bonds. The van der Waals surface area contributed by atoms with E-state index in [4.69, 9.17) is 9.47 Å². The quantitative estimate of drug-likeness (QED) is 0.474. The molecule has 0 aliphatic carbocycles. The number of nitrogens with one attached hydrogen (secondary N) is 2. The molecule has 1 fully saturated rings. The zero-order chi connectivity index (χ0) is 21.9. The Kier molecular flexibility index (Phi) is 8.84. The van der Waals surface area contributed by atoms with Crippen molar-refractivity contribution in [3.05, 3.63) is 54.6 Å². The molecule has 1 aliphatic rings. The van der Waals surface area contributed by atoms with E-state index in [1.54, 1.807) is 24.3 Å². The van der Waals surface area contributed by atoms with Crippen LogP contribution in [-0.2, 0) is 14.3 Å². The summed E-state index contributed by atoms with van der Waals surface area (Å²) in [7, 11) is 0. The fourth-order valence-electron chi connectivity index (χ4n) is 3.28. The summed E-state index contributed by atoms with van der Waals surface area (Å²) in [5.41, 5.74) is 0.585. The zero-order valence-corrected chi connectivity index (χ0v) is 17.5. The molecule has 2 aromatic rings. The average Bonchev–Trinajstić information content (AvgIpc) is 2.78. The highest BCUT2D eigenvalue weighted by molar-refractivity contribution is 5.94. The number of para-hydroxylation sites is 1. The van der Waals surface area contributed by atoms with Crippen molar-refractivity contribution in [3.63, 3.8) is 0 Å². The first-order chi connectivity index (χ1) is 15.1. The van der Waals surface area contributed by atoms with Gasteiger partial charge < -0.3 is 25.2 Å². The minimum atomic E-state index is -1.03. The minimum absolute atomic E-state index is 0.144. The van der Waals surface area contributed by atoms with Gasteiger partial charge in [0, 0.05) is 18.8 Å². The van der Waals surface area contributed by atoms with Gasteiger partial charge in [-0.3, -0.25) is 14.5 Å². The first-order valence-corrected chi connectivity index (χ1v) is 10.5. The Morgan fingerprint density at radius 1 is 1.03 bits per heavy atom. The van der Waals surface area contributed by atoms with Crippen molar-refractivity contribution in [1.82, 2.24) is 10.2 Å². The molecule has 1 heterocycles. The maximum absolute atomic E-state index is 12.3. The Balaban J connectivity index is 1.41. The molecule has 1 atom stereocenters. The monoisotopic (exact) mass is 427 g/mol. The molecule has 8 heteroatoms. The molecule has 0 radical (unpaired) electrons. The van der Waals surface area contributed by atoms with E-state index in [0.717, 1.165) is 45.0 Å². The predicted molar refractivity (Wildman–Crippen MR) is 118 cm³/mol. The summed E-state index contributed by atoms with van der Waals surface area (Å²) >= 11 is 0. The van der Waals surface area contributed by atoms with Crippen molar-refractivity contribution >= 4 is 17.6 Å². The molecule has 1 aliphatic heterocycles. The zero-order valence-electron chi connectivity index (χ0n) is 17.5. The minimum Gasteiger partial charge on any atom is -0.480 e. The van der Waals surface area contributed by atoms with Crippen LogP contribution in [0.2, 0.25) is 0 Å². The molecular formula is C23H29N3O5. The lowest BCUT2D eigenvalue weighted by atomic mass is 10.2. The Morgan fingerprint density at radius 3 is 2.39 bits per heavy atom. The molecular weight excluding hydrogens is 398 g/mol. The second kappa shape index (κ2) is 12.0. The molecule has 1 saturated heterocycles. The van der Waals surface area contributed by atoms with E-state index in [0.29, 0.717) is 18.0 Å². The smallest absolute Gasteiger partial charge is 0.321 e. The largest absolute Gasteiger partial charge is 0.480 e. The molecule has 0 aromatic heterocycles. The van der Waals surface area contributed by atoms with Gasteiger partial charge in [0.25, 0.3) is 0 Å². The van der Waals surface area contributed by atoms with Gasteiger partial charge in [0.05, 0.1) is 19.6 Å². The molecule has 2 aromatic carbocycles. The number of anilines is 1. The summed E-state index contributed by atoms with van der Waals surface area (Å²) in [5.74, 6) is -0.0178. The summed E-state index contributed by atoms with van der Waals surface area (Å²) in [5, 5.41) is 15.1. The maximum Gasteiger partial charge on any atom is 0.321 e. The maximum atomic E-state index is 12.3. The number of benzene rings is 2. The number of amides is 1. The summed E-state index contributed by atoms with van der Waals surface area (Å²) in [6, 6.07) is 15.4. The van der Waals surface area contributed by atoms with Gasteiger partial charge >= 0.3 is 5.97 Å². The van der Waals surface area contributed by atoms with Gasteiger partial charge in [0.1, 0.15) is 17.5 Å². The van der Waals surface area contributed by atoms with Crippen LogP contribution in [0, 0.1) is 0 Å². The SMILES string of the molecule is O=C(CC(NCCCN1CCOCC1)C(=O)O)Nc1ccc(Oc2ccccc2)cc1. The molecule has 3 N–H and O–H groups in total. The topological polar surface area (TPSA) is 100 Å². The number of carboxylic acid groups (broad SMARTS) is 1. The fourth-order valence-corrected chi connectivity index (χ4v) is 3.28. The lowest BCUT2D eigenvalue weighted by Crippen LogP contribution is -2.42. The van der Waals surface area contributed by atoms with Crippen LogP contribution in [0.5, 0.6) is 11.5 Å². The summed E-state index contributed by atoms with van der Waals surface area (Å²) in [6.45, 7) is 4.70. The van der Waals surface area contributed by atoms with Gasteiger partial charge in [-0.2, -0.15) is 0 Å². The van der Waals surface area contributed by atoms with Crippen LogP contribution in [0.1, 0.15) is 12.8 Å². The number of carbonyl (C=O) groups excluding carboxylic acids is 1. The van der Waals surface area contributed by atoms with Gasteiger partial charge in [-0.1, -0.05) is 18.2 Å². The Labute approximate surface area is 182 Å². The van der Waals surface area contributed by atoms with Gasteiger partial charge in [0.2, 0.25) is 5.91 Å². The van der Waals surface area contributed by atoms with Crippen molar-refractivity contribution in [2.24, 2.45) is 0 Å². The molecule has 166 valence electrons. The second-order valence-corrected chi connectivity index (χ2v) is 7.34. The summed E-state index contributed by atoms with van der Waals surface area (Å²) < 4.78 is 11.0. The van der Waals surface area contributed by atoms with E-state index in [1.807, 2.05) is 30.3 Å². The molecule has 0 bridgehead atoms. The predicted octanol–water partition coefficient (Wildman–Crippen LogP) is 2.57. The fraction of sp³-hybridized carbons (Fsp3) is 0.391. The van der Waals surface area contributed by atoms with E-state index in [9.17, 15) is 14.7 Å². The van der Waals surface area contributed by atoms with E-state index in [-0.39, 0.29) is 12.3 Å². The number of carboxylic acids is 1. The van der Waals surface area contributed by atoms with Crippen LogP contribution < -0.4 is 15.4 Å². The van der Waals surface area contributed by atoms with Crippen molar-refractivity contribution in [1.29, 1.82) is 0 Å².